The molecule has 0 atom stereocenters. The number of hydrogen-bond donors (Lipinski definition) is 2. The second-order valence-corrected chi connectivity index (χ2v) is 9.52. The highest BCUT2D eigenvalue weighted by molar-refractivity contribution is 5.76. The number of rotatable bonds is 7. The Morgan fingerprint density at radius 2 is 1.51 bits per heavy atom. The van der Waals surface area contributed by atoms with E-state index in [0.29, 0.717) is 19.4 Å². The highest BCUT2D eigenvalue weighted by Crippen LogP contribution is 2.31. The highest BCUT2D eigenvalue weighted by Gasteiger charge is 2.17. The van der Waals surface area contributed by atoms with E-state index < -0.39 is 0 Å². The van der Waals surface area contributed by atoms with Crippen molar-refractivity contribution in [1.29, 1.82) is 0 Å². The number of nitrogens with zero attached hydrogens (tertiary/aromatic N) is 1. The van der Waals surface area contributed by atoms with Crippen molar-refractivity contribution in [3.63, 3.8) is 0 Å². The molecule has 0 unspecified atom stereocenters. The molecule has 0 spiro atoms. The predicted octanol–water partition coefficient (Wildman–Crippen LogP) is 5.09. The molecule has 6 heteroatoms. The third-order valence-electron chi connectivity index (χ3n) is 6.20. The molecular formula is C31H39N3O3. The van der Waals surface area contributed by atoms with Gasteiger partial charge in [0.2, 0.25) is 11.8 Å². The Hall–Kier alpha value is -3.64. The molecule has 0 radical (unpaired) electrons. The number of nitrogens with one attached hydrogen (secondary N) is 2. The summed E-state index contributed by atoms with van der Waals surface area (Å²) in [5, 5.41) is 6.12. The Morgan fingerprint density at radius 3 is 2.16 bits per heavy atom. The second kappa shape index (κ2) is 14.2. The highest BCUT2D eigenvalue weighted by atomic mass is 16.5. The van der Waals surface area contributed by atoms with Crippen LogP contribution in [0.4, 0.5) is 0 Å². The van der Waals surface area contributed by atoms with Gasteiger partial charge in [0.25, 0.3) is 0 Å². The van der Waals surface area contributed by atoms with Crippen molar-refractivity contribution < 1.29 is 14.3 Å². The lowest BCUT2D eigenvalue weighted by atomic mass is 10.0. The number of ether oxygens (including phenoxy) is 1. The quantitative estimate of drug-likeness (QED) is 0.473. The van der Waals surface area contributed by atoms with Crippen LogP contribution in [0.25, 0.3) is 0 Å². The van der Waals surface area contributed by atoms with Crippen molar-refractivity contribution in [2.75, 3.05) is 26.2 Å². The number of carbonyl (C=O) groups excluding carboxylic acids is 2. The summed E-state index contributed by atoms with van der Waals surface area (Å²) in [6.07, 6.45) is 1.09. The monoisotopic (exact) mass is 501 g/mol. The Labute approximate surface area is 221 Å². The number of piperazine rings is 1. The van der Waals surface area contributed by atoms with Gasteiger partial charge in [0.15, 0.2) is 0 Å². The lowest BCUT2D eigenvalue weighted by Gasteiger charge is -2.27. The molecule has 4 rings (SSSR count). The van der Waals surface area contributed by atoms with Gasteiger partial charge in [0.1, 0.15) is 11.5 Å². The smallest absolute Gasteiger partial charge is 0.222 e. The summed E-state index contributed by atoms with van der Waals surface area (Å²) in [6, 6.07) is 22.3. The molecule has 1 saturated heterocycles. The van der Waals surface area contributed by atoms with E-state index in [9.17, 15) is 9.59 Å². The average molecular weight is 502 g/mol. The maximum atomic E-state index is 12.6. The van der Waals surface area contributed by atoms with Gasteiger partial charge >= 0.3 is 0 Å². The number of carbonyl (C=O) groups is 2. The number of hydrogen-bond acceptors (Lipinski definition) is 4. The Balaban J connectivity index is 0.000000468. The molecule has 37 heavy (non-hydrogen) atoms. The molecule has 0 aromatic heterocycles. The van der Waals surface area contributed by atoms with Crippen molar-refractivity contribution in [2.45, 2.75) is 47.1 Å². The van der Waals surface area contributed by atoms with E-state index in [2.05, 4.69) is 29.7 Å². The molecule has 1 aliphatic rings. The summed E-state index contributed by atoms with van der Waals surface area (Å²) in [5.41, 5.74) is 5.46. The van der Waals surface area contributed by atoms with E-state index in [0.717, 1.165) is 59.9 Å². The first kappa shape index (κ1) is 27.9. The fourth-order valence-electron chi connectivity index (χ4n) is 4.10. The van der Waals surface area contributed by atoms with Crippen molar-refractivity contribution in [2.24, 2.45) is 0 Å². The molecule has 2 amide bonds. The van der Waals surface area contributed by atoms with E-state index in [4.69, 9.17) is 4.74 Å². The van der Waals surface area contributed by atoms with Crippen LogP contribution in [0.3, 0.4) is 0 Å². The van der Waals surface area contributed by atoms with E-state index >= 15 is 0 Å². The molecule has 0 aliphatic carbocycles. The number of benzene rings is 3. The normalized spacial score (nSPS) is 12.8. The van der Waals surface area contributed by atoms with Gasteiger partial charge in [0, 0.05) is 51.6 Å². The molecular weight excluding hydrogens is 462 g/mol. The van der Waals surface area contributed by atoms with Crippen molar-refractivity contribution >= 4 is 11.8 Å². The van der Waals surface area contributed by atoms with Gasteiger partial charge in [-0.3, -0.25) is 9.59 Å². The SMILES string of the molecule is CC(=O)NCc1cc(C)ccc1Oc1cc(C)ccc1CCC(=O)N1CCNCC1.Cc1ccccc1. The average Bonchev–Trinajstić information content (AvgIpc) is 2.89. The summed E-state index contributed by atoms with van der Waals surface area (Å²) in [7, 11) is 0. The van der Waals surface area contributed by atoms with Gasteiger partial charge in [-0.2, -0.15) is 0 Å². The van der Waals surface area contributed by atoms with Crippen LogP contribution in [0.15, 0.2) is 66.7 Å². The number of amides is 2. The first-order valence-corrected chi connectivity index (χ1v) is 12.9. The molecule has 196 valence electrons. The van der Waals surface area contributed by atoms with Gasteiger partial charge in [0.05, 0.1) is 0 Å². The Kier molecular flexibility index (Phi) is 10.7. The molecule has 0 bridgehead atoms. The fraction of sp³-hybridized carbons (Fsp3) is 0.355. The van der Waals surface area contributed by atoms with Crippen molar-refractivity contribution in [3.8, 4) is 11.5 Å². The van der Waals surface area contributed by atoms with Gasteiger partial charge in [-0.25, -0.2) is 0 Å². The molecule has 1 heterocycles. The topological polar surface area (TPSA) is 70.7 Å². The van der Waals surface area contributed by atoms with Gasteiger partial charge in [-0.05, 0) is 50.5 Å². The van der Waals surface area contributed by atoms with E-state index in [1.165, 1.54) is 12.5 Å². The minimum absolute atomic E-state index is 0.0786. The third-order valence-corrected chi connectivity index (χ3v) is 6.20. The lowest BCUT2D eigenvalue weighted by Crippen LogP contribution is -2.46. The van der Waals surface area contributed by atoms with Crippen LogP contribution in [0.2, 0.25) is 0 Å². The minimum atomic E-state index is -0.0786. The summed E-state index contributed by atoms with van der Waals surface area (Å²) in [4.78, 5) is 25.9. The largest absolute Gasteiger partial charge is 0.457 e. The summed E-state index contributed by atoms with van der Waals surface area (Å²) in [5.74, 6) is 1.58. The van der Waals surface area contributed by atoms with Crippen LogP contribution < -0.4 is 15.4 Å². The summed E-state index contributed by atoms with van der Waals surface area (Å²) in [6.45, 7) is 11.3. The fourth-order valence-corrected chi connectivity index (χ4v) is 4.10. The van der Waals surface area contributed by atoms with E-state index in [1.54, 1.807) is 0 Å². The standard InChI is InChI=1S/C24H31N3O3.C7H8/c1-17-5-8-22(21(14-17)16-26-19(3)28)30-23-15-18(2)4-6-20(23)7-9-24(29)27-12-10-25-11-13-27;1-7-5-3-2-4-6-7/h4-6,8,14-15,25H,7,9-13,16H2,1-3H3,(H,26,28);2-6H,1H3. The lowest BCUT2D eigenvalue weighted by molar-refractivity contribution is -0.131. The molecule has 2 N–H and O–H groups in total. The van der Waals surface area contributed by atoms with Gasteiger partial charge in [-0.15, -0.1) is 0 Å². The maximum absolute atomic E-state index is 12.6. The van der Waals surface area contributed by atoms with Crippen molar-refractivity contribution in [3.05, 3.63) is 94.5 Å². The molecule has 1 fully saturated rings. The zero-order chi connectivity index (χ0) is 26.6. The van der Waals surface area contributed by atoms with E-state index in [-0.39, 0.29) is 11.8 Å². The minimum Gasteiger partial charge on any atom is -0.457 e. The van der Waals surface area contributed by atoms with Crippen LogP contribution in [-0.4, -0.2) is 42.9 Å². The maximum Gasteiger partial charge on any atom is 0.222 e. The Bertz CT molecular complexity index is 1170. The Morgan fingerprint density at radius 1 is 0.838 bits per heavy atom. The van der Waals surface area contributed by atoms with Crippen molar-refractivity contribution in [1.82, 2.24) is 15.5 Å². The first-order chi connectivity index (χ1) is 17.8. The molecule has 0 saturated carbocycles. The van der Waals surface area contributed by atoms with Crippen LogP contribution in [-0.2, 0) is 22.6 Å². The second-order valence-electron chi connectivity index (χ2n) is 9.52. The van der Waals surface area contributed by atoms with Gasteiger partial charge < -0.3 is 20.3 Å². The zero-order valence-electron chi connectivity index (χ0n) is 22.5. The number of aryl methyl sites for hydroxylation is 4. The van der Waals surface area contributed by atoms with E-state index in [1.807, 2.05) is 73.3 Å². The first-order valence-electron chi connectivity index (χ1n) is 12.9. The predicted molar refractivity (Wildman–Crippen MR) is 149 cm³/mol. The summed E-state index contributed by atoms with van der Waals surface area (Å²) >= 11 is 0. The third kappa shape index (κ3) is 9.39. The van der Waals surface area contributed by atoms with Crippen LogP contribution in [0.5, 0.6) is 11.5 Å². The van der Waals surface area contributed by atoms with Gasteiger partial charge in [-0.1, -0.05) is 65.7 Å². The molecule has 1 aliphatic heterocycles. The summed E-state index contributed by atoms with van der Waals surface area (Å²) < 4.78 is 6.30. The molecule has 3 aromatic rings. The zero-order valence-corrected chi connectivity index (χ0v) is 22.5. The van der Waals surface area contributed by atoms with Crippen LogP contribution >= 0.6 is 0 Å². The van der Waals surface area contributed by atoms with Crippen LogP contribution in [0.1, 0.15) is 41.2 Å². The molecule has 3 aromatic carbocycles. The molecule has 6 nitrogen and oxygen atoms in total. The van der Waals surface area contributed by atoms with Crippen LogP contribution in [0, 0.1) is 20.8 Å².